The van der Waals surface area contributed by atoms with Crippen molar-refractivity contribution in [1.82, 2.24) is 24.9 Å². The highest BCUT2D eigenvalue weighted by atomic mass is 32.2. The van der Waals surface area contributed by atoms with Crippen molar-refractivity contribution in [2.45, 2.75) is 37.1 Å². The van der Waals surface area contributed by atoms with Gasteiger partial charge in [0.25, 0.3) is 0 Å². The zero-order valence-corrected chi connectivity index (χ0v) is 20.7. The molecule has 0 radical (unpaired) electrons. The van der Waals surface area contributed by atoms with Crippen molar-refractivity contribution in [2.75, 3.05) is 31.7 Å². The fourth-order valence-electron chi connectivity index (χ4n) is 4.16. The molecule has 1 aliphatic heterocycles. The number of methoxy groups -OCH3 is 1. The maximum Gasteiger partial charge on any atom is 0.237 e. The van der Waals surface area contributed by atoms with Gasteiger partial charge in [-0.15, -0.1) is 10.2 Å². The highest BCUT2D eigenvalue weighted by Gasteiger charge is 2.24. The molecule has 9 nitrogen and oxygen atoms in total. The van der Waals surface area contributed by atoms with Gasteiger partial charge in [-0.2, -0.15) is 4.98 Å². The fraction of sp³-hybridized carbons (Fsp3) is 0.360. The Labute approximate surface area is 208 Å². The third-order valence-electron chi connectivity index (χ3n) is 5.80. The Morgan fingerprint density at radius 1 is 0.971 bits per heavy atom. The summed E-state index contributed by atoms with van der Waals surface area (Å²) in [5.74, 6) is 3.79. The molecule has 2 aromatic carbocycles. The molecule has 0 saturated carbocycles. The normalized spacial score (nSPS) is 13.7. The average Bonchev–Trinajstić information content (AvgIpc) is 3.56. The summed E-state index contributed by atoms with van der Waals surface area (Å²) in [6.45, 7) is 4.44. The Kier molecular flexibility index (Phi) is 7.17. The third-order valence-corrected chi connectivity index (χ3v) is 6.72. The minimum atomic E-state index is 0.455. The first-order valence-corrected chi connectivity index (χ1v) is 12.8. The Morgan fingerprint density at radius 2 is 1.74 bits per heavy atom. The Balaban J connectivity index is 1.42. The molecule has 3 heterocycles. The Morgan fingerprint density at radius 3 is 2.54 bits per heavy atom. The van der Waals surface area contributed by atoms with Gasteiger partial charge in [0.05, 0.1) is 30.7 Å². The van der Waals surface area contributed by atoms with Crippen molar-refractivity contribution < 1.29 is 14.0 Å². The molecule has 182 valence electrons. The van der Waals surface area contributed by atoms with Crippen LogP contribution in [0.1, 0.15) is 32.1 Å². The molecular formula is C25H28N6O3S. The maximum atomic E-state index is 5.71. The zero-order chi connectivity index (χ0) is 24.0. The van der Waals surface area contributed by atoms with Gasteiger partial charge in [-0.3, -0.25) is 4.57 Å². The van der Waals surface area contributed by atoms with E-state index in [1.54, 1.807) is 7.11 Å². The second kappa shape index (κ2) is 10.8. The van der Waals surface area contributed by atoms with E-state index in [0.717, 1.165) is 59.8 Å². The maximum absolute atomic E-state index is 5.71. The van der Waals surface area contributed by atoms with Crippen LogP contribution in [0, 0.1) is 0 Å². The van der Waals surface area contributed by atoms with Crippen molar-refractivity contribution in [3.63, 3.8) is 0 Å². The molecule has 0 aliphatic carbocycles. The van der Waals surface area contributed by atoms with Crippen LogP contribution in [0.3, 0.4) is 0 Å². The number of anilines is 1. The van der Waals surface area contributed by atoms with E-state index >= 15 is 0 Å². The number of thioether (sulfide) groups is 1. The van der Waals surface area contributed by atoms with Gasteiger partial charge in [0, 0.05) is 13.1 Å². The quantitative estimate of drug-likeness (QED) is 0.299. The smallest absolute Gasteiger partial charge is 0.237 e. The van der Waals surface area contributed by atoms with Crippen molar-refractivity contribution in [1.29, 1.82) is 0 Å². The molecule has 4 aromatic rings. The van der Waals surface area contributed by atoms with E-state index in [0.29, 0.717) is 24.1 Å². The number of para-hydroxylation sites is 3. The van der Waals surface area contributed by atoms with E-state index in [-0.39, 0.29) is 0 Å². The molecule has 0 unspecified atom stereocenters. The first-order chi connectivity index (χ1) is 17.3. The number of ether oxygens (including phenoxy) is 2. The van der Waals surface area contributed by atoms with E-state index in [9.17, 15) is 0 Å². The molecule has 0 atom stereocenters. The van der Waals surface area contributed by atoms with E-state index in [1.807, 2.05) is 55.5 Å². The Bertz CT molecular complexity index is 1270. The molecule has 5 rings (SSSR count). The summed E-state index contributed by atoms with van der Waals surface area (Å²) in [4.78, 5) is 6.89. The van der Waals surface area contributed by atoms with E-state index in [4.69, 9.17) is 14.0 Å². The summed E-state index contributed by atoms with van der Waals surface area (Å²) in [7, 11) is 1.68. The molecule has 35 heavy (non-hydrogen) atoms. The lowest BCUT2D eigenvalue weighted by Crippen LogP contribution is -2.31. The minimum Gasteiger partial charge on any atom is -0.495 e. The minimum absolute atomic E-state index is 0.455. The van der Waals surface area contributed by atoms with Gasteiger partial charge < -0.3 is 18.9 Å². The lowest BCUT2D eigenvalue weighted by molar-refractivity contribution is 0.341. The highest BCUT2D eigenvalue weighted by Crippen LogP contribution is 2.34. The first kappa shape index (κ1) is 23.2. The predicted octanol–water partition coefficient (Wildman–Crippen LogP) is 5.01. The number of hydrogen-bond acceptors (Lipinski definition) is 9. The molecule has 0 N–H and O–H groups in total. The van der Waals surface area contributed by atoms with Crippen LogP contribution >= 0.6 is 11.8 Å². The van der Waals surface area contributed by atoms with Gasteiger partial charge in [-0.25, -0.2) is 0 Å². The number of piperidine rings is 1. The summed E-state index contributed by atoms with van der Waals surface area (Å²) in [5.41, 5.74) is 1.71. The summed E-state index contributed by atoms with van der Waals surface area (Å²) >= 11 is 1.50. The van der Waals surface area contributed by atoms with E-state index in [2.05, 4.69) is 29.8 Å². The standard InChI is InChI=1S/C25H28N6O3S/c1-3-33-20-13-7-5-11-18(20)23-26-22(34-29-23)17-35-25-28-27-24(30-15-9-4-10-16-30)31(25)19-12-6-8-14-21(19)32-2/h5-8,11-14H,3-4,9-10,15-17H2,1-2H3. The summed E-state index contributed by atoms with van der Waals surface area (Å²) < 4.78 is 19.0. The van der Waals surface area contributed by atoms with Gasteiger partial charge in [-0.05, 0) is 50.5 Å². The van der Waals surface area contributed by atoms with Crippen molar-refractivity contribution in [2.24, 2.45) is 0 Å². The van der Waals surface area contributed by atoms with Gasteiger partial charge in [0.15, 0.2) is 5.16 Å². The SMILES string of the molecule is CCOc1ccccc1-c1noc(CSc2nnc(N3CCCCC3)n2-c2ccccc2OC)n1. The average molecular weight is 493 g/mol. The topological polar surface area (TPSA) is 91.3 Å². The Hall–Kier alpha value is -3.53. The predicted molar refractivity (Wildman–Crippen MR) is 134 cm³/mol. The van der Waals surface area contributed by atoms with Gasteiger partial charge >= 0.3 is 0 Å². The van der Waals surface area contributed by atoms with Crippen LogP contribution in [0.5, 0.6) is 11.5 Å². The van der Waals surface area contributed by atoms with Crippen molar-refractivity contribution in [3.05, 3.63) is 54.4 Å². The molecule has 10 heteroatoms. The largest absolute Gasteiger partial charge is 0.495 e. The molecule has 2 aromatic heterocycles. The third kappa shape index (κ3) is 4.97. The fourth-order valence-corrected chi connectivity index (χ4v) is 4.94. The van der Waals surface area contributed by atoms with Crippen LogP contribution in [0.25, 0.3) is 17.1 Å². The summed E-state index contributed by atoms with van der Waals surface area (Å²) in [6, 6.07) is 15.6. The van der Waals surface area contributed by atoms with Crippen LogP contribution in [-0.2, 0) is 5.75 Å². The van der Waals surface area contributed by atoms with E-state index < -0.39 is 0 Å². The lowest BCUT2D eigenvalue weighted by Gasteiger charge is -2.28. The number of hydrogen-bond donors (Lipinski definition) is 0. The molecular weight excluding hydrogens is 464 g/mol. The summed E-state index contributed by atoms with van der Waals surface area (Å²) in [5, 5.41) is 14.0. The highest BCUT2D eigenvalue weighted by molar-refractivity contribution is 7.98. The van der Waals surface area contributed by atoms with Crippen molar-refractivity contribution >= 4 is 17.7 Å². The lowest BCUT2D eigenvalue weighted by atomic mass is 10.1. The molecule has 1 aliphatic rings. The zero-order valence-electron chi connectivity index (χ0n) is 19.9. The van der Waals surface area contributed by atoms with Gasteiger partial charge in [0.2, 0.25) is 17.7 Å². The summed E-state index contributed by atoms with van der Waals surface area (Å²) in [6.07, 6.45) is 3.54. The number of nitrogens with zero attached hydrogens (tertiary/aromatic N) is 6. The van der Waals surface area contributed by atoms with Crippen LogP contribution in [0.2, 0.25) is 0 Å². The molecule has 0 bridgehead atoms. The van der Waals surface area contributed by atoms with Crippen LogP contribution in [0.4, 0.5) is 5.95 Å². The van der Waals surface area contributed by atoms with Gasteiger partial charge in [0.1, 0.15) is 11.5 Å². The van der Waals surface area contributed by atoms with E-state index in [1.165, 1.54) is 18.2 Å². The first-order valence-electron chi connectivity index (χ1n) is 11.8. The second-order valence-corrected chi connectivity index (χ2v) is 9.01. The monoisotopic (exact) mass is 492 g/mol. The molecule has 0 amide bonds. The van der Waals surface area contributed by atoms with Crippen LogP contribution < -0.4 is 14.4 Å². The number of benzene rings is 2. The molecule has 1 saturated heterocycles. The van der Waals surface area contributed by atoms with Crippen molar-refractivity contribution in [3.8, 4) is 28.6 Å². The van der Waals surface area contributed by atoms with Crippen LogP contribution in [-0.4, -0.2) is 51.7 Å². The molecule has 1 fully saturated rings. The second-order valence-electron chi connectivity index (χ2n) is 8.07. The van der Waals surface area contributed by atoms with Gasteiger partial charge in [-0.1, -0.05) is 41.2 Å². The number of rotatable bonds is 9. The van der Waals surface area contributed by atoms with Crippen LogP contribution in [0.15, 0.2) is 58.2 Å². The molecule has 0 spiro atoms. The number of aromatic nitrogens is 5.